The maximum absolute atomic E-state index is 12.4. The lowest BCUT2D eigenvalue weighted by molar-refractivity contribution is -0.274. The van der Waals surface area contributed by atoms with E-state index >= 15 is 0 Å². The molecule has 1 fully saturated rings. The van der Waals surface area contributed by atoms with Crippen LogP contribution < -0.4 is 10.1 Å². The lowest BCUT2D eigenvalue weighted by Crippen LogP contribution is -2.30. The number of alkyl halides is 3. The molecule has 0 bridgehead atoms. The first-order valence-corrected chi connectivity index (χ1v) is 10.5. The highest BCUT2D eigenvalue weighted by Crippen LogP contribution is 2.38. The first-order valence-electron chi connectivity index (χ1n) is 10.5. The van der Waals surface area contributed by atoms with Crippen LogP contribution in [-0.4, -0.2) is 17.5 Å². The third-order valence-corrected chi connectivity index (χ3v) is 5.64. The van der Waals surface area contributed by atoms with Crippen molar-refractivity contribution in [3.63, 3.8) is 0 Å². The SMILES string of the molecule is CC(C)(C)c1cc(CNC2CCCCC2)c(O)c(-c2ccc(OC(F)(F)F)cc2)c1.Cl. The Labute approximate surface area is 188 Å². The molecule has 3 nitrogen and oxygen atoms in total. The van der Waals surface area contributed by atoms with Crippen LogP contribution >= 0.6 is 12.4 Å². The number of benzene rings is 2. The summed E-state index contributed by atoms with van der Waals surface area (Å²) in [5.41, 5.74) is 2.99. The van der Waals surface area contributed by atoms with Gasteiger partial charge in [0.15, 0.2) is 0 Å². The maximum Gasteiger partial charge on any atom is 0.573 e. The average molecular weight is 458 g/mol. The van der Waals surface area contributed by atoms with E-state index in [1.54, 1.807) is 12.1 Å². The molecule has 2 aromatic carbocycles. The Balaban J connectivity index is 0.00000341. The summed E-state index contributed by atoms with van der Waals surface area (Å²) in [4.78, 5) is 0. The summed E-state index contributed by atoms with van der Waals surface area (Å²) in [5.74, 6) is -0.118. The van der Waals surface area contributed by atoms with Gasteiger partial charge in [-0.2, -0.15) is 0 Å². The van der Waals surface area contributed by atoms with Crippen molar-refractivity contribution in [2.75, 3.05) is 0 Å². The van der Waals surface area contributed by atoms with Crippen molar-refractivity contribution < 1.29 is 23.0 Å². The lowest BCUT2D eigenvalue weighted by Gasteiger charge is -2.25. The third-order valence-electron chi connectivity index (χ3n) is 5.64. The number of hydrogen-bond donors (Lipinski definition) is 2. The van der Waals surface area contributed by atoms with E-state index in [0.29, 0.717) is 23.7 Å². The zero-order valence-corrected chi connectivity index (χ0v) is 19.0. The smallest absolute Gasteiger partial charge is 0.507 e. The van der Waals surface area contributed by atoms with E-state index in [1.807, 2.05) is 12.1 Å². The van der Waals surface area contributed by atoms with Gasteiger partial charge < -0.3 is 15.2 Å². The molecule has 2 aromatic rings. The molecule has 0 spiro atoms. The molecule has 2 N–H and O–H groups in total. The summed E-state index contributed by atoms with van der Waals surface area (Å²) in [6, 6.07) is 10.0. The van der Waals surface area contributed by atoms with Crippen LogP contribution in [0.4, 0.5) is 13.2 Å². The quantitative estimate of drug-likeness (QED) is 0.503. The van der Waals surface area contributed by atoms with E-state index in [2.05, 4.69) is 30.8 Å². The molecule has 172 valence electrons. The molecule has 1 aliphatic rings. The Morgan fingerprint density at radius 1 is 1.00 bits per heavy atom. The van der Waals surface area contributed by atoms with Crippen molar-refractivity contribution in [2.24, 2.45) is 0 Å². The van der Waals surface area contributed by atoms with Gasteiger partial charge in [-0.15, -0.1) is 25.6 Å². The number of hydrogen-bond acceptors (Lipinski definition) is 3. The Morgan fingerprint density at radius 3 is 2.16 bits per heavy atom. The third kappa shape index (κ3) is 7.04. The molecule has 0 aromatic heterocycles. The van der Waals surface area contributed by atoms with Crippen molar-refractivity contribution in [3.8, 4) is 22.6 Å². The fourth-order valence-corrected chi connectivity index (χ4v) is 3.88. The van der Waals surface area contributed by atoms with E-state index < -0.39 is 6.36 Å². The highest BCUT2D eigenvalue weighted by atomic mass is 35.5. The van der Waals surface area contributed by atoms with Crippen LogP contribution in [0.15, 0.2) is 36.4 Å². The minimum atomic E-state index is -4.73. The van der Waals surface area contributed by atoms with Gasteiger partial charge in [0, 0.05) is 23.7 Å². The number of rotatable bonds is 5. The Morgan fingerprint density at radius 2 is 1.61 bits per heavy atom. The van der Waals surface area contributed by atoms with E-state index in [-0.39, 0.29) is 29.3 Å². The predicted octanol–water partition coefficient (Wildman–Crippen LogP) is 7.10. The minimum absolute atomic E-state index is 0. The first kappa shape index (κ1) is 25.3. The van der Waals surface area contributed by atoms with Crippen molar-refractivity contribution in [1.29, 1.82) is 0 Å². The number of phenolic OH excluding ortho intramolecular Hbond substituents is 1. The highest BCUT2D eigenvalue weighted by molar-refractivity contribution is 5.85. The zero-order chi connectivity index (χ0) is 21.9. The molecule has 31 heavy (non-hydrogen) atoms. The van der Waals surface area contributed by atoms with E-state index in [9.17, 15) is 18.3 Å². The second-order valence-corrected chi connectivity index (χ2v) is 9.07. The molecule has 0 heterocycles. The van der Waals surface area contributed by atoms with Crippen LogP contribution in [0.25, 0.3) is 11.1 Å². The van der Waals surface area contributed by atoms with Gasteiger partial charge in [0.1, 0.15) is 11.5 Å². The summed E-state index contributed by atoms with van der Waals surface area (Å²) in [5, 5.41) is 14.5. The van der Waals surface area contributed by atoms with Gasteiger partial charge in [0.2, 0.25) is 0 Å². The molecule has 1 aliphatic carbocycles. The number of phenols is 1. The predicted molar refractivity (Wildman–Crippen MR) is 120 cm³/mol. The number of aromatic hydroxyl groups is 1. The summed E-state index contributed by atoms with van der Waals surface area (Å²) in [7, 11) is 0. The molecule has 0 amide bonds. The summed E-state index contributed by atoms with van der Waals surface area (Å²) in [6.45, 7) is 6.86. The van der Waals surface area contributed by atoms with Gasteiger partial charge in [0.25, 0.3) is 0 Å². The Bertz CT molecular complexity index is 855. The molecule has 0 atom stereocenters. The highest BCUT2D eigenvalue weighted by Gasteiger charge is 2.31. The van der Waals surface area contributed by atoms with Gasteiger partial charge in [-0.25, -0.2) is 0 Å². The van der Waals surface area contributed by atoms with Crippen molar-refractivity contribution >= 4 is 12.4 Å². The van der Waals surface area contributed by atoms with Crippen LogP contribution in [0.1, 0.15) is 64.0 Å². The Hall–Kier alpha value is -1.92. The number of halogens is 4. The molecule has 0 aliphatic heterocycles. The van der Waals surface area contributed by atoms with Crippen LogP contribution in [0.2, 0.25) is 0 Å². The summed E-state index contributed by atoms with van der Waals surface area (Å²) in [6.07, 6.45) is 1.29. The normalized spacial score (nSPS) is 15.4. The van der Waals surface area contributed by atoms with Crippen LogP contribution in [0.5, 0.6) is 11.5 Å². The molecule has 0 saturated heterocycles. The lowest BCUT2D eigenvalue weighted by atomic mass is 9.83. The van der Waals surface area contributed by atoms with Crippen molar-refractivity contribution in [3.05, 3.63) is 47.5 Å². The molecule has 1 saturated carbocycles. The standard InChI is InChI=1S/C24H30F3NO2.ClH/c1-23(2,3)18-13-17(15-28-19-7-5-4-6-8-19)22(29)21(14-18)16-9-11-20(12-10-16)30-24(25,26)27;/h9-14,19,28-29H,4-8,15H2,1-3H3;1H. The van der Waals surface area contributed by atoms with E-state index in [1.165, 1.54) is 31.4 Å². The van der Waals surface area contributed by atoms with E-state index in [0.717, 1.165) is 24.0 Å². The first-order chi connectivity index (χ1) is 14.0. The monoisotopic (exact) mass is 457 g/mol. The largest absolute Gasteiger partial charge is 0.573 e. The molecular formula is C24H31ClF3NO2. The van der Waals surface area contributed by atoms with E-state index in [4.69, 9.17) is 0 Å². The van der Waals surface area contributed by atoms with Crippen molar-refractivity contribution in [1.82, 2.24) is 5.32 Å². The molecule has 0 radical (unpaired) electrons. The Kier molecular flexibility index (Phi) is 8.28. The molecular weight excluding hydrogens is 427 g/mol. The molecule has 3 rings (SSSR count). The number of nitrogens with one attached hydrogen (secondary N) is 1. The van der Waals surface area contributed by atoms with Crippen LogP contribution in [0.3, 0.4) is 0 Å². The second kappa shape index (κ2) is 10.1. The van der Waals surface area contributed by atoms with Gasteiger partial charge in [-0.3, -0.25) is 0 Å². The fraction of sp³-hybridized carbons (Fsp3) is 0.500. The van der Waals surface area contributed by atoms with Gasteiger partial charge >= 0.3 is 6.36 Å². The van der Waals surface area contributed by atoms with Gasteiger partial charge in [-0.05, 0) is 47.6 Å². The average Bonchev–Trinajstić information content (AvgIpc) is 2.66. The summed E-state index contributed by atoms with van der Waals surface area (Å²) < 4.78 is 41.3. The fourth-order valence-electron chi connectivity index (χ4n) is 3.88. The second-order valence-electron chi connectivity index (χ2n) is 9.07. The van der Waals surface area contributed by atoms with Crippen LogP contribution in [-0.2, 0) is 12.0 Å². The molecule has 0 unspecified atom stereocenters. The maximum atomic E-state index is 12.4. The topological polar surface area (TPSA) is 41.5 Å². The van der Waals surface area contributed by atoms with Gasteiger partial charge in [0.05, 0.1) is 0 Å². The number of ether oxygens (including phenoxy) is 1. The van der Waals surface area contributed by atoms with Crippen molar-refractivity contribution in [2.45, 2.75) is 77.2 Å². The minimum Gasteiger partial charge on any atom is -0.507 e. The molecule has 7 heteroatoms. The zero-order valence-electron chi connectivity index (χ0n) is 18.2. The van der Waals surface area contributed by atoms with Gasteiger partial charge in [-0.1, -0.05) is 58.2 Å². The summed E-state index contributed by atoms with van der Waals surface area (Å²) >= 11 is 0. The van der Waals surface area contributed by atoms with Crippen LogP contribution in [0, 0.1) is 0 Å².